The van der Waals surface area contributed by atoms with Crippen LogP contribution in [-0.2, 0) is 19.0 Å². The lowest BCUT2D eigenvalue weighted by molar-refractivity contribution is -0.255. The van der Waals surface area contributed by atoms with Gasteiger partial charge < -0.3 is 19.3 Å². The van der Waals surface area contributed by atoms with Crippen LogP contribution in [0.15, 0.2) is 0 Å². The molecule has 7 heteroatoms. The molecule has 1 heterocycles. The van der Waals surface area contributed by atoms with Crippen molar-refractivity contribution in [3.05, 3.63) is 0 Å². The quantitative estimate of drug-likeness (QED) is 0.759. The third kappa shape index (κ3) is 3.58. The number of esters is 1. The number of hydrogen-bond donors (Lipinski definition) is 1. The predicted octanol–water partition coefficient (Wildman–Crippen LogP) is 1.05. The van der Waals surface area contributed by atoms with Crippen LogP contribution >= 0.6 is 0 Å². The average molecular weight is 254 g/mol. The lowest BCUT2D eigenvalue weighted by Crippen LogP contribution is -2.44. The Kier molecular flexibility index (Phi) is 3.75. The summed E-state index contributed by atoms with van der Waals surface area (Å²) in [5.74, 6) is -8.82. The largest absolute Gasteiger partial charge is 0.462 e. The summed E-state index contributed by atoms with van der Waals surface area (Å²) in [6.07, 6.45) is -1.19. The van der Waals surface area contributed by atoms with Gasteiger partial charge in [0.05, 0.1) is 13.0 Å². The monoisotopic (exact) mass is 254 g/mol. The van der Waals surface area contributed by atoms with E-state index in [1.807, 2.05) is 0 Å². The van der Waals surface area contributed by atoms with E-state index in [0.29, 0.717) is 0 Å². The summed E-state index contributed by atoms with van der Waals surface area (Å²) in [7, 11) is 0. The van der Waals surface area contributed by atoms with Crippen LogP contribution in [0, 0.1) is 0 Å². The number of carbonyl (C=O) groups excluding carboxylic acids is 1. The average Bonchev–Trinajstić information content (AvgIpc) is 2.39. The third-order valence-corrected chi connectivity index (χ3v) is 2.15. The van der Waals surface area contributed by atoms with Crippen molar-refractivity contribution in [2.75, 3.05) is 13.2 Å². The van der Waals surface area contributed by atoms with Gasteiger partial charge >= 0.3 is 11.9 Å². The molecule has 0 aromatic carbocycles. The fourth-order valence-corrected chi connectivity index (χ4v) is 1.55. The fourth-order valence-electron chi connectivity index (χ4n) is 1.55. The Morgan fingerprint density at radius 2 is 2.12 bits per heavy atom. The molecule has 1 saturated heterocycles. The summed E-state index contributed by atoms with van der Waals surface area (Å²) in [6, 6.07) is 0. The van der Waals surface area contributed by atoms with Crippen molar-refractivity contribution in [2.24, 2.45) is 0 Å². The molecule has 0 saturated carbocycles. The van der Waals surface area contributed by atoms with Gasteiger partial charge in [0.1, 0.15) is 6.61 Å². The number of hydrogen-bond acceptors (Lipinski definition) is 5. The Morgan fingerprint density at radius 1 is 1.53 bits per heavy atom. The standard InChI is InChI=1S/C10H16F2O5/c1-4-15-7(13)10(11,12)5-9(14)6-16-8(2,3)17-9/h14H,4-6H2,1-3H3. The van der Waals surface area contributed by atoms with E-state index in [4.69, 9.17) is 9.47 Å². The lowest BCUT2D eigenvalue weighted by atomic mass is 10.1. The number of ether oxygens (including phenoxy) is 3. The van der Waals surface area contributed by atoms with Gasteiger partial charge in [-0.3, -0.25) is 0 Å². The van der Waals surface area contributed by atoms with Crippen molar-refractivity contribution in [2.45, 2.75) is 44.7 Å². The van der Waals surface area contributed by atoms with E-state index in [2.05, 4.69) is 4.74 Å². The first kappa shape index (κ1) is 14.3. The molecule has 1 fully saturated rings. The first-order valence-corrected chi connectivity index (χ1v) is 5.22. The molecular weight excluding hydrogens is 238 g/mol. The minimum atomic E-state index is -3.81. The van der Waals surface area contributed by atoms with Crippen molar-refractivity contribution in [1.82, 2.24) is 0 Å². The van der Waals surface area contributed by atoms with E-state index in [1.54, 1.807) is 0 Å². The Hall–Kier alpha value is -0.790. The van der Waals surface area contributed by atoms with Crippen molar-refractivity contribution < 1.29 is 32.9 Å². The molecule has 1 aliphatic heterocycles. The van der Waals surface area contributed by atoms with Crippen LogP contribution in [0.1, 0.15) is 27.2 Å². The smallest absolute Gasteiger partial charge is 0.377 e. The molecule has 17 heavy (non-hydrogen) atoms. The first-order valence-electron chi connectivity index (χ1n) is 5.22. The summed E-state index contributed by atoms with van der Waals surface area (Å²) < 4.78 is 40.9. The van der Waals surface area contributed by atoms with Gasteiger partial charge in [-0.1, -0.05) is 0 Å². The molecule has 1 aliphatic rings. The van der Waals surface area contributed by atoms with Gasteiger partial charge in [0, 0.05) is 0 Å². The predicted molar refractivity (Wildman–Crippen MR) is 52.3 cm³/mol. The van der Waals surface area contributed by atoms with Gasteiger partial charge in [-0.25, -0.2) is 4.79 Å². The third-order valence-electron chi connectivity index (χ3n) is 2.15. The highest BCUT2D eigenvalue weighted by Crippen LogP contribution is 2.37. The van der Waals surface area contributed by atoms with Gasteiger partial charge in [0.15, 0.2) is 11.6 Å². The Balaban J connectivity index is 2.67. The minimum absolute atomic E-state index is 0.157. The zero-order valence-corrected chi connectivity index (χ0v) is 9.96. The van der Waals surface area contributed by atoms with Crippen LogP contribution in [-0.4, -0.2) is 41.8 Å². The summed E-state index contributed by atoms with van der Waals surface area (Å²) in [6.45, 7) is 3.80. The molecule has 0 spiro atoms. The van der Waals surface area contributed by atoms with E-state index in [1.165, 1.54) is 20.8 Å². The molecule has 0 aromatic heterocycles. The molecule has 1 N–H and O–H groups in total. The second-order valence-corrected chi connectivity index (χ2v) is 4.34. The zero-order chi connectivity index (χ0) is 13.3. The Labute approximate surface area is 97.6 Å². The maximum Gasteiger partial charge on any atom is 0.377 e. The normalized spacial score (nSPS) is 28.1. The van der Waals surface area contributed by atoms with Gasteiger partial charge in [0.2, 0.25) is 0 Å². The highest BCUT2D eigenvalue weighted by atomic mass is 19.3. The molecule has 1 unspecified atom stereocenters. The van der Waals surface area contributed by atoms with Gasteiger partial charge in [0.25, 0.3) is 0 Å². The number of rotatable bonds is 4. The van der Waals surface area contributed by atoms with Gasteiger partial charge in [-0.05, 0) is 20.8 Å². The molecular formula is C10H16F2O5. The van der Waals surface area contributed by atoms with Crippen LogP contribution in [0.3, 0.4) is 0 Å². The Bertz CT molecular complexity index is 305. The molecule has 0 radical (unpaired) electrons. The van der Waals surface area contributed by atoms with Crippen LogP contribution < -0.4 is 0 Å². The number of carbonyl (C=O) groups is 1. The van der Waals surface area contributed by atoms with Crippen molar-refractivity contribution in [3.63, 3.8) is 0 Å². The lowest BCUT2D eigenvalue weighted by Gasteiger charge is -2.26. The maximum atomic E-state index is 13.4. The second kappa shape index (κ2) is 4.47. The summed E-state index contributed by atoms with van der Waals surface area (Å²) in [5, 5.41) is 9.74. The van der Waals surface area contributed by atoms with Gasteiger partial charge in [-0.2, -0.15) is 8.78 Å². The number of alkyl halides is 2. The van der Waals surface area contributed by atoms with Crippen molar-refractivity contribution in [3.8, 4) is 0 Å². The molecule has 0 amide bonds. The molecule has 0 aromatic rings. The summed E-state index contributed by atoms with van der Waals surface area (Å²) >= 11 is 0. The van der Waals surface area contributed by atoms with Crippen LogP contribution in [0.4, 0.5) is 8.78 Å². The molecule has 100 valence electrons. The number of aliphatic hydroxyl groups is 1. The van der Waals surface area contributed by atoms with Crippen LogP contribution in [0.5, 0.6) is 0 Å². The van der Waals surface area contributed by atoms with E-state index < -0.39 is 36.5 Å². The maximum absolute atomic E-state index is 13.4. The second-order valence-electron chi connectivity index (χ2n) is 4.34. The molecule has 5 nitrogen and oxygen atoms in total. The Morgan fingerprint density at radius 3 is 2.53 bits per heavy atom. The summed E-state index contributed by atoms with van der Waals surface area (Å²) in [4.78, 5) is 11.0. The van der Waals surface area contributed by atoms with Crippen molar-refractivity contribution >= 4 is 5.97 Å². The van der Waals surface area contributed by atoms with E-state index in [9.17, 15) is 18.7 Å². The summed E-state index contributed by atoms with van der Waals surface area (Å²) in [5.41, 5.74) is 0. The van der Waals surface area contributed by atoms with Crippen LogP contribution in [0.25, 0.3) is 0 Å². The minimum Gasteiger partial charge on any atom is -0.462 e. The zero-order valence-electron chi connectivity index (χ0n) is 9.96. The molecule has 0 bridgehead atoms. The molecule has 0 aliphatic carbocycles. The highest BCUT2D eigenvalue weighted by Gasteiger charge is 2.54. The van der Waals surface area contributed by atoms with E-state index >= 15 is 0 Å². The van der Waals surface area contributed by atoms with Gasteiger partial charge in [-0.15, -0.1) is 0 Å². The first-order chi connectivity index (χ1) is 7.60. The topological polar surface area (TPSA) is 65.0 Å². The fraction of sp³-hybridized carbons (Fsp3) is 0.900. The number of halogens is 2. The van der Waals surface area contributed by atoms with Crippen LogP contribution in [0.2, 0.25) is 0 Å². The highest BCUT2D eigenvalue weighted by molar-refractivity contribution is 5.77. The molecule has 1 rings (SSSR count). The SMILES string of the molecule is CCOC(=O)C(F)(F)CC1(O)COC(C)(C)O1. The van der Waals surface area contributed by atoms with E-state index in [-0.39, 0.29) is 6.61 Å². The molecule has 1 atom stereocenters. The van der Waals surface area contributed by atoms with Crippen molar-refractivity contribution in [1.29, 1.82) is 0 Å². The van der Waals surface area contributed by atoms with E-state index in [0.717, 1.165) is 0 Å².